The Balaban J connectivity index is 2.11. The van der Waals surface area contributed by atoms with E-state index < -0.39 is 6.09 Å². The highest BCUT2D eigenvalue weighted by atomic mass is 19.1. The quantitative estimate of drug-likeness (QED) is 0.660. The zero-order chi connectivity index (χ0) is 19.1. The molecule has 0 saturated heterocycles. The lowest BCUT2D eigenvalue weighted by molar-refractivity contribution is 0.125. The fourth-order valence-electron chi connectivity index (χ4n) is 3.05. The van der Waals surface area contributed by atoms with Gasteiger partial charge < -0.3 is 20.2 Å². The topological polar surface area (TPSA) is 81.0 Å². The maximum atomic E-state index is 13.1. The first-order valence-corrected chi connectivity index (χ1v) is 8.57. The second kappa shape index (κ2) is 9.20. The lowest BCUT2D eigenvalue weighted by Crippen LogP contribution is -2.34. The van der Waals surface area contributed by atoms with Gasteiger partial charge in [0.25, 0.3) is 0 Å². The molecule has 3 N–H and O–H groups in total. The summed E-state index contributed by atoms with van der Waals surface area (Å²) in [6, 6.07) is 12.1. The molecule has 0 spiro atoms. The van der Waals surface area contributed by atoms with E-state index in [4.69, 9.17) is 0 Å². The Hall–Kier alpha value is -2.60. The first-order chi connectivity index (χ1) is 12.4. The molecule has 0 unspecified atom stereocenters. The molecule has 2 rings (SSSR count). The van der Waals surface area contributed by atoms with Crippen LogP contribution in [0.15, 0.2) is 48.5 Å². The van der Waals surface area contributed by atoms with Crippen LogP contribution < -0.4 is 0 Å². The molecule has 1 amide bonds. The van der Waals surface area contributed by atoms with Crippen LogP contribution in [0.1, 0.15) is 42.9 Å². The van der Waals surface area contributed by atoms with Gasteiger partial charge in [-0.25, -0.2) is 9.18 Å². The zero-order valence-corrected chi connectivity index (χ0v) is 14.7. The third kappa shape index (κ3) is 5.20. The molecular weight excluding hydrogens is 337 g/mol. The number of hydrogen-bond acceptors (Lipinski definition) is 3. The second-order valence-corrected chi connectivity index (χ2v) is 6.29. The van der Waals surface area contributed by atoms with Crippen molar-refractivity contribution in [3.05, 3.63) is 65.5 Å². The number of phenols is 1. The number of amides is 1. The van der Waals surface area contributed by atoms with Crippen molar-refractivity contribution in [2.45, 2.75) is 31.7 Å². The number of carbonyl (C=O) groups is 1. The molecule has 0 fully saturated rings. The smallest absolute Gasteiger partial charge is 0.407 e. The molecule has 2 aromatic rings. The summed E-state index contributed by atoms with van der Waals surface area (Å²) >= 11 is 0. The summed E-state index contributed by atoms with van der Waals surface area (Å²) in [5.41, 5.74) is 1.66. The van der Waals surface area contributed by atoms with Crippen LogP contribution in [0, 0.1) is 5.82 Å². The number of aromatic hydroxyl groups is 1. The van der Waals surface area contributed by atoms with Gasteiger partial charge in [0.1, 0.15) is 11.6 Å². The van der Waals surface area contributed by atoms with Crippen LogP contribution in [0.4, 0.5) is 9.18 Å². The Bertz CT molecular complexity index is 703. The van der Waals surface area contributed by atoms with E-state index in [1.54, 1.807) is 31.2 Å². The van der Waals surface area contributed by atoms with E-state index in [0.717, 1.165) is 11.1 Å². The molecule has 0 aliphatic rings. The van der Waals surface area contributed by atoms with Gasteiger partial charge in [-0.2, -0.15) is 0 Å². The maximum Gasteiger partial charge on any atom is 0.407 e. The standard InChI is InChI=1S/C20H24FNO4/c1-14(15-4-8-19(24)9-5-15)22(20(25)26)12-10-17(11-13-23)16-2-6-18(21)7-3-16/h2-9,14,17,23-24H,10-13H2,1H3,(H,25,26)/t14-,17+/m0/s1. The first-order valence-electron chi connectivity index (χ1n) is 8.57. The molecule has 0 bridgehead atoms. The van der Waals surface area contributed by atoms with Crippen LogP contribution >= 0.6 is 0 Å². The minimum absolute atomic E-state index is 0.0252. The molecule has 2 aromatic carbocycles. The van der Waals surface area contributed by atoms with Gasteiger partial charge in [-0.1, -0.05) is 24.3 Å². The average Bonchev–Trinajstić information content (AvgIpc) is 2.62. The molecule has 6 heteroatoms. The van der Waals surface area contributed by atoms with E-state index in [1.807, 2.05) is 0 Å². The molecule has 0 aromatic heterocycles. The van der Waals surface area contributed by atoms with E-state index >= 15 is 0 Å². The van der Waals surface area contributed by atoms with E-state index in [-0.39, 0.29) is 36.7 Å². The minimum atomic E-state index is -1.03. The van der Waals surface area contributed by atoms with Crippen LogP contribution in [0.25, 0.3) is 0 Å². The summed E-state index contributed by atoms with van der Waals surface area (Å²) in [6.45, 7) is 2.04. The normalized spacial score (nSPS) is 13.2. The number of halogens is 1. The molecule has 0 radical (unpaired) electrons. The number of hydrogen-bond donors (Lipinski definition) is 3. The largest absolute Gasteiger partial charge is 0.508 e. The van der Waals surface area contributed by atoms with E-state index in [2.05, 4.69) is 0 Å². The van der Waals surface area contributed by atoms with Gasteiger partial charge in [-0.15, -0.1) is 0 Å². The number of benzene rings is 2. The molecule has 140 valence electrons. The van der Waals surface area contributed by atoms with Crippen LogP contribution in [0.2, 0.25) is 0 Å². The summed E-state index contributed by atoms with van der Waals surface area (Å²) in [5, 5.41) is 28.3. The molecule has 0 aliphatic heterocycles. The molecule has 2 atom stereocenters. The number of rotatable bonds is 8. The Morgan fingerprint density at radius 1 is 1.04 bits per heavy atom. The highest BCUT2D eigenvalue weighted by Gasteiger charge is 2.22. The van der Waals surface area contributed by atoms with Gasteiger partial charge in [0.05, 0.1) is 6.04 Å². The van der Waals surface area contributed by atoms with Crippen LogP contribution in [-0.2, 0) is 0 Å². The van der Waals surface area contributed by atoms with Crippen LogP contribution in [0.5, 0.6) is 5.75 Å². The number of nitrogens with zero attached hydrogens (tertiary/aromatic N) is 1. The summed E-state index contributed by atoms with van der Waals surface area (Å²) in [4.78, 5) is 13.0. The molecule has 0 aliphatic carbocycles. The number of aliphatic hydroxyl groups excluding tert-OH is 1. The summed E-state index contributed by atoms with van der Waals surface area (Å²) in [5.74, 6) is -0.263. The molecular formula is C20H24FNO4. The molecule has 0 saturated carbocycles. The Morgan fingerprint density at radius 3 is 2.15 bits per heavy atom. The first kappa shape index (κ1) is 19.7. The van der Waals surface area contributed by atoms with Crippen molar-refractivity contribution in [3.63, 3.8) is 0 Å². The van der Waals surface area contributed by atoms with Crippen LogP contribution in [-0.4, -0.2) is 39.5 Å². The fraction of sp³-hybridized carbons (Fsp3) is 0.350. The Kier molecular flexibility index (Phi) is 6.97. The van der Waals surface area contributed by atoms with Gasteiger partial charge >= 0.3 is 6.09 Å². The Labute approximate surface area is 152 Å². The lowest BCUT2D eigenvalue weighted by Gasteiger charge is -2.29. The van der Waals surface area contributed by atoms with Crippen molar-refractivity contribution in [2.75, 3.05) is 13.2 Å². The van der Waals surface area contributed by atoms with Gasteiger partial charge in [-0.05, 0) is 61.1 Å². The van der Waals surface area contributed by atoms with Crippen molar-refractivity contribution in [1.82, 2.24) is 4.90 Å². The maximum absolute atomic E-state index is 13.1. The molecule has 0 heterocycles. The van der Waals surface area contributed by atoms with Crippen molar-refractivity contribution in [1.29, 1.82) is 0 Å². The highest BCUT2D eigenvalue weighted by Crippen LogP contribution is 2.27. The lowest BCUT2D eigenvalue weighted by atomic mass is 9.92. The van der Waals surface area contributed by atoms with Crippen molar-refractivity contribution < 1.29 is 24.5 Å². The summed E-state index contributed by atoms with van der Waals surface area (Å²) < 4.78 is 13.1. The number of carboxylic acid groups (broad SMARTS) is 1. The zero-order valence-electron chi connectivity index (χ0n) is 14.7. The van der Waals surface area contributed by atoms with Gasteiger partial charge in [0.15, 0.2) is 0 Å². The Morgan fingerprint density at radius 2 is 1.62 bits per heavy atom. The summed E-state index contributed by atoms with van der Waals surface area (Å²) in [7, 11) is 0. The third-order valence-electron chi connectivity index (χ3n) is 4.63. The van der Waals surface area contributed by atoms with Crippen LogP contribution in [0.3, 0.4) is 0 Å². The number of aliphatic hydroxyl groups is 1. The monoisotopic (exact) mass is 361 g/mol. The van der Waals surface area contributed by atoms with Gasteiger partial charge in [0, 0.05) is 13.2 Å². The predicted molar refractivity (Wildman–Crippen MR) is 96.7 cm³/mol. The van der Waals surface area contributed by atoms with Crippen molar-refractivity contribution >= 4 is 6.09 Å². The van der Waals surface area contributed by atoms with Crippen molar-refractivity contribution in [3.8, 4) is 5.75 Å². The fourth-order valence-corrected chi connectivity index (χ4v) is 3.05. The van der Waals surface area contributed by atoms with E-state index in [9.17, 15) is 24.5 Å². The molecule has 5 nitrogen and oxygen atoms in total. The average molecular weight is 361 g/mol. The highest BCUT2D eigenvalue weighted by molar-refractivity contribution is 5.65. The van der Waals surface area contributed by atoms with Crippen molar-refractivity contribution in [2.24, 2.45) is 0 Å². The van der Waals surface area contributed by atoms with Gasteiger partial charge in [0.2, 0.25) is 0 Å². The number of phenolic OH excluding ortho intramolecular Hbond substituents is 1. The third-order valence-corrected chi connectivity index (χ3v) is 4.63. The molecule has 26 heavy (non-hydrogen) atoms. The second-order valence-electron chi connectivity index (χ2n) is 6.29. The predicted octanol–water partition coefficient (Wildman–Crippen LogP) is 4.13. The minimum Gasteiger partial charge on any atom is -0.508 e. The van der Waals surface area contributed by atoms with Gasteiger partial charge in [-0.3, -0.25) is 0 Å². The summed E-state index contributed by atoms with van der Waals surface area (Å²) in [6.07, 6.45) is -0.0411. The van der Waals surface area contributed by atoms with E-state index in [0.29, 0.717) is 12.8 Å². The van der Waals surface area contributed by atoms with E-state index in [1.165, 1.54) is 29.2 Å². The SMILES string of the molecule is C[C@@H](c1ccc(O)cc1)N(CC[C@H](CCO)c1ccc(F)cc1)C(=O)O.